The SMILES string of the molecule is CCCNCC1CCCN1CC(C)CC. The van der Waals surface area contributed by atoms with Crippen LogP contribution in [0.3, 0.4) is 0 Å². The molecule has 0 bridgehead atoms. The van der Waals surface area contributed by atoms with Crippen molar-refractivity contribution in [2.45, 2.75) is 52.5 Å². The first-order valence-corrected chi connectivity index (χ1v) is 6.72. The summed E-state index contributed by atoms with van der Waals surface area (Å²) in [5.74, 6) is 0.858. The lowest BCUT2D eigenvalue weighted by molar-refractivity contribution is 0.214. The summed E-state index contributed by atoms with van der Waals surface area (Å²) in [7, 11) is 0. The number of likely N-dealkylation sites (tertiary alicyclic amines) is 1. The molecule has 15 heavy (non-hydrogen) atoms. The fraction of sp³-hybridized carbons (Fsp3) is 1.00. The number of hydrogen-bond donors (Lipinski definition) is 1. The first-order valence-electron chi connectivity index (χ1n) is 6.72. The van der Waals surface area contributed by atoms with Crippen LogP contribution in [0.25, 0.3) is 0 Å². The molecular weight excluding hydrogens is 184 g/mol. The predicted octanol–water partition coefficient (Wildman–Crippen LogP) is 2.50. The molecule has 0 radical (unpaired) electrons. The van der Waals surface area contributed by atoms with E-state index in [9.17, 15) is 0 Å². The van der Waals surface area contributed by atoms with E-state index in [0.717, 1.165) is 12.0 Å². The van der Waals surface area contributed by atoms with Crippen molar-refractivity contribution in [3.8, 4) is 0 Å². The summed E-state index contributed by atoms with van der Waals surface area (Å²) < 4.78 is 0. The van der Waals surface area contributed by atoms with Gasteiger partial charge in [-0.2, -0.15) is 0 Å². The summed E-state index contributed by atoms with van der Waals surface area (Å²) >= 11 is 0. The quantitative estimate of drug-likeness (QED) is 0.652. The highest BCUT2D eigenvalue weighted by Gasteiger charge is 2.24. The predicted molar refractivity (Wildman–Crippen MR) is 67.2 cm³/mol. The van der Waals surface area contributed by atoms with Crippen LogP contribution in [0.5, 0.6) is 0 Å². The molecule has 1 heterocycles. The third-order valence-corrected chi connectivity index (χ3v) is 3.55. The number of hydrogen-bond acceptors (Lipinski definition) is 2. The Balaban J connectivity index is 2.23. The maximum Gasteiger partial charge on any atom is 0.0221 e. The Bertz CT molecular complexity index is 159. The van der Waals surface area contributed by atoms with Crippen LogP contribution in [0, 0.1) is 5.92 Å². The molecule has 0 aromatic rings. The van der Waals surface area contributed by atoms with Crippen LogP contribution in [0.2, 0.25) is 0 Å². The van der Waals surface area contributed by atoms with E-state index in [1.165, 1.54) is 51.9 Å². The van der Waals surface area contributed by atoms with E-state index in [2.05, 4.69) is 31.0 Å². The van der Waals surface area contributed by atoms with Crippen LogP contribution < -0.4 is 5.32 Å². The van der Waals surface area contributed by atoms with Gasteiger partial charge in [0.2, 0.25) is 0 Å². The van der Waals surface area contributed by atoms with Crippen molar-refractivity contribution in [2.24, 2.45) is 5.92 Å². The highest BCUT2D eigenvalue weighted by molar-refractivity contribution is 4.81. The molecule has 0 aromatic heterocycles. The minimum absolute atomic E-state index is 0.811. The van der Waals surface area contributed by atoms with Crippen molar-refractivity contribution in [1.82, 2.24) is 10.2 Å². The van der Waals surface area contributed by atoms with E-state index < -0.39 is 0 Å². The molecular formula is C13H28N2. The fourth-order valence-corrected chi connectivity index (χ4v) is 2.34. The molecule has 2 nitrogen and oxygen atoms in total. The normalized spacial score (nSPS) is 24.6. The second-order valence-corrected chi connectivity index (χ2v) is 5.01. The molecule has 1 saturated heterocycles. The van der Waals surface area contributed by atoms with Gasteiger partial charge >= 0.3 is 0 Å². The Hall–Kier alpha value is -0.0800. The third-order valence-electron chi connectivity index (χ3n) is 3.55. The summed E-state index contributed by atoms with van der Waals surface area (Å²) in [6.45, 7) is 11.9. The molecule has 0 amide bonds. The standard InChI is InChI=1S/C13H28N2/c1-4-8-14-10-13-7-6-9-15(13)11-12(3)5-2/h12-14H,4-11H2,1-3H3. The van der Waals surface area contributed by atoms with Gasteiger partial charge in [-0.1, -0.05) is 27.2 Å². The topological polar surface area (TPSA) is 15.3 Å². The van der Waals surface area contributed by atoms with E-state index in [0.29, 0.717) is 0 Å². The molecule has 1 rings (SSSR count). The fourth-order valence-electron chi connectivity index (χ4n) is 2.34. The molecule has 0 aromatic carbocycles. The summed E-state index contributed by atoms with van der Waals surface area (Å²) in [5, 5.41) is 3.56. The van der Waals surface area contributed by atoms with Gasteiger partial charge in [0.15, 0.2) is 0 Å². The zero-order valence-corrected chi connectivity index (χ0v) is 10.8. The monoisotopic (exact) mass is 212 g/mol. The van der Waals surface area contributed by atoms with E-state index >= 15 is 0 Å². The van der Waals surface area contributed by atoms with Gasteiger partial charge in [-0.3, -0.25) is 4.90 Å². The lowest BCUT2D eigenvalue weighted by Crippen LogP contribution is -2.40. The molecule has 0 aliphatic carbocycles. The van der Waals surface area contributed by atoms with Crippen molar-refractivity contribution in [3.63, 3.8) is 0 Å². The molecule has 2 atom stereocenters. The van der Waals surface area contributed by atoms with Gasteiger partial charge in [-0.05, 0) is 38.3 Å². The molecule has 0 spiro atoms. The smallest absolute Gasteiger partial charge is 0.0221 e. The lowest BCUT2D eigenvalue weighted by atomic mass is 10.1. The second kappa shape index (κ2) is 7.24. The van der Waals surface area contributed by atoms with Gasteiger partial charge in [0.25, 0.3) is 0 Å². The summed E-state index contributed by atoms with van der Waals surface area (Å²) in [6, 6.07) is 0.811. The van der Waals surface area contributed by atoms with Gasteiger partial charge in [0.05, 0.1) is 0 Å². The third kappa shape index (κ3) is 4.52. The Morgan fingerprint density at radius 2 is 2.20 bits per heavy atom. The summed E-state index contributed by atoms with van der Waals surface area (Å²) in [6.07, 6.45) is 5.35. The molecule has 2 unspecified atom stereocenters. The highest BCUT2D eigenvalue weighted by atomic mass is 15.2. The zero-order chi connectivity index (χ0) is 11.1. The van der Waals surface area contributed by atoms with E-state index in [1.807, 2.05) is 0 Å². The Morgan fingerprint density at radius 1 is 1.40 bits per heavy atom. The van der Waals surface area contributed by atoms with Crippen LogP contribution in [-0.2, 0) is 0 Å². The van der Waals surface area contributed by atoms with Gasteiger partial charge in [-0.25, -0.2) is 0 Å². The zero-order valence-electron chi connectivity index (χ0n) is 10.8. The van der Waals surface area contributed by atoms with Crippen molar-refractivity contribution in [3.05, 3.63) is 0 Å². The average molecular weight is 212 g/mol. The molecule has 1 fully saturated rings. The second-order valence-electron chi connectivity index (χ2n) is 5.01. The lowest BCUT2D eigenvalue weighted by Gasteiger charge is -2.27. The van der Waals surface area contributed by atoms with Crippen molar-refractivity contribution in [1.29, 1.82) is 0 Å². The molecule has 1 N–H and O–H groups in total. The maximum absolute atomic E-state index is 3.56. The summed E-state index contributed by atoms with van der Waals surface area (Å²) in [4.78, 5) is 2.69. The number of rotatable bonds is 7. The molecule has 1 aliphatic heterocycles. The Morgan fingerprint density at radius 3 is 2.87 bits per heavy atom. The van der Waals surface area contributed by atoms with Crippen LogP contribution in [-0.4, -0.2) is 37.1 Å². The molecule has 2 heteroatoms. The van der Waals surface area contributed by atoms with E-state index in [4.69, 9.17) is 0 Å². The molecule has 1 aliphatic rings. The number of nitrogens with one attached hydrogen (secondary N) is 1. The van der Waals surface area contributed by atoms with Crippen LogP contribution >= 0.6 is 0 Å². The highest BCUT2D eigenvalue weighted by Crippen LogP contribution is 2.18. The van der Waals surface area contributed by atoms with Crippen molar-refractivity contribution >= 4 is 0 Å². The summed E-state index contributed by atoms with van der Waals surface area (Å²) in [5.41, 5.74) is 0. The molecule has 90 valence electrons. The largest absolute Gasteiger partial charge is 0.315 e. The van der Waals surface area contributed by atoms with Gasteiger partial charge in [0.1, 0.15) is 0 Å². The van der Waals surface area contributed by atoms with Crippen LogP contribution in [0.4, 0.5) is 0 Å². The van der Waals surface area contributed by atoms with Gasteiger partial charge < -0.3 is 5.32 Å². The van der Waals surface area contributed by atoms with Crippen LogP contribution in [0.1, 0.15) is 46.5 Å². The Kier molecular flexibility index (Phi) is 6.26. The first-order chi connectivity index (χ1) is 7.27. The van der Waals surface area contributed by atoms with E-state index in [1.54, 1.807) is 0 Å². The average Bonchev–Trinajstić information content (AvgIpc) is 2.66. The van der Waals surface area contributed by atoms with Crippen molar-refractivity contribution < 1.29 is 0 Å². The van der Waals surface area contributed by atoms with Gasteiger partial charge in [-0.15, -0.1) is 0 Å². The van der Waals surface area contributed by atoms with Crippen molar-refractivity contribution in [2.75, 3.05) is 26.2 Å². The minimum atomic E-state index is 0.811. The first kappa shape index (κ1) is 13.0. The maximum atomic E-state index is 3.56. The minimum Gasteiger partial charge on any atom is -0.315 e. The Labute approximate surface area is 95.4 Å². The van der Waals surface area contributed by atoms with Crippen LogP contribution in [0.15, 0.2) is 0 Å². The van der Waals surface area contributed by atoms with Gasteiger partial charge in [0, 0.05) is 19.1 Å². The number of nitrogens with zero attached hydrogens (tertiary/aromatic N) is 1. The van der Waals surface area contributed by atoms with E-state index in [-0.39, 0.29) is 0 Å². The molecule has 0 saturated carbocycles.